The number of nitrogens with zero attached hydrogens (tertiary/aromatic N) is 3. The van der Waals surface area contributed by atoms with E-state index in [2.05, 4.69) is 46.0 Å². The number of amides is 1. The van der Waals surface area contributed by atoms with Crippen LogP contribution in [0.25, 0.3) is 10.9 Å². The number of esters is 2. The minimum atomic E-state index is -1.42. The van der Waals surface area contributed by atoms with Crippen LogP contribution in [0.3, 0.4) is 0 Å². The Morgan fingerprint density at radius 2 is 1.84 bits per heavy atom. The number of rotatable bonds is 7. The van der Waals surface area contributed by atoms with Crippen LogP contribution in [-0.2, 0) is 41.1 Å². The van der Waals surface area contributed by atoms with Crippen LogP contribution in [0.5, 0.6) is 5.75 Å². The fourth-order valence-electron chi connectivity index (χ4n) is 13.0. The number of hydrogen-bond acceptors (Lipinski definition) is 10. The topological polar surface area (TPSA) is 145 Å². The molecule has 298 valence electrons. The maximum absolute atomic E-state index is 15.2. The third-order valence-corrected chi connectivity index (χ3v) is 15.2. The SMILES string of the molecule is CC[C@]1(O)C[C@@H]2CN(CCc3c([nH]c4ccccc34)[C@@](C(=O)OC)(c3cc4c(cc3OC)N(C=O)[C@H]3[C@@H](C(=O)OC)[C@H](O)[C@]5(CC)C=CCN6CC[C@]43[C@@H]65)C2)C1. The molecule has 3 aromatic rings. The Morgan fingerprint density at radius 3 is 2.55 bits per heavy atom. The van der Waals surface area contributed by atoms with Gasteiger partial charge in [-0.15, -0.1) is 0 Å². The molecule has 3 fully saturated rings. The van der Waals surface area contributed by atoms with Gasteiger partial charge in [-0.25, -0.2) is 0 Å². The number of piperidine rings is 1. The third kappa shape index (κ3) is 4.76. The zero-order valence-electron chi connectivity index (χ0n) is 33.0. The molecular formula is C44H54N4O8. The molecule has 0 radical (unpaired) electrons. The number of anilines is 1. The van der Waals surface area contributed by atoms with Crippen LogP contribution >= 0.6 is 0 Å². The molecule has 6 aliphatic rings. The summed E-state index contributed by atoms with van der Waals surface area (Å²) in [6.45, 7) is 7.44. The summed E-state index contributed by atoms with van der Waals surface area (Å²) in [5.74, 6) is -1.72. The fourth-order valence-corrected chi connectivity index (χ4v) is 13.0. The quantitative estimate of drug-likeness (QED) is 0.185. The first-order valence-corrected chi connectivity index (χ1v) is 20.3. The van der Waals surface area contributed by atoms with E-state index in [9.17, 15) is 19.8 Å². The first kappa shape index (κ1) is 37.4. The van der Waals surface area contributed by atoms with E-state index in [1.165, 1.54) is 14.2 Å². The molecule has 1 saturated carbocycles. The molecule has 2 aromatic carbocycles. The van der Waals surface area contributed by atoms with Crippen molar-refractivity contribution in [1.82, 2.24) is 14.8 Å². The van der Waals surface area contributed by atoms with Crippen molar-refractivity contribution in [2.24, 2.45) is 17.3 Å². The molecule has 3 N–H and O–H groups in total. The normalized spacial score (nSPS) is 37.0. The highest BCUT2D eigenvalue weighted by Gasteiger charge is 2.74. The number of hydrogen-bond donors (Lipinski definition) is 3. The molecule has 10 atom stereocenters. The molecule has 2 saturated heterocycles. The van der Waals surface area contributed by atoms with Gasteiger partial charge >= 0.3 is 11.9 Å². The van der Waals surface area contributed by atoms with Gasteiger partial charge in [0.2, 0.25) is 6.41 Å². The average Bonchev–Trinajstić information content (AvgIpc) is 3.89. The van der Waals surface area contributed by atoms with Crippen LogP contribution in [0, 0.1) is 17.3 Å². The number of aliphatic hydroxyl groups is 2. The number of nitrogens with one attached hydrogen (secondary N) is 1. The fraction of sp³-hybridized carbons (Fsp3) is 0.568. The maximum Gasteiger partial charge on any atom is 0.322 e. The average molecular weight is 767 g/mol. The first-order valence-electron chi connectivity index (χ1n) is 20.3. The lowest BCUT2D eigenvalue weighted by atomic mass is 9.49. The Morgan fingerprint density at radius 1 is 1.04 bits per heavy atom. The van der Waals surface area contributed by atoms with Crippen LogP contribution in [-0.4, -0.2) is 121 Å². The van der Waals surface area contributed by atoms with E-state index in [4.69, 9.17) is 14.2 Å². The van der Waals surface area contributed by atoms with E-state index in [0.29, 0.717) is 88.2 Å². The molecule has 9 rings (SSSR count). The highest BCUT2D eigenvalue weighted by atomic mass is 16.5. The van der Waals surface area contributed by atoms with Crippen molar-refractivity contribution in [3.8, 4) is 5.75 Å². The molecule has 2 bridgehead atoms. The summed E-state index contributed by atoms with van der Waals surface area (Å²) in [5.41, 5.74) is 0.803. The van der Waals surface area contributed by atoms with E-state index in [1.807, 2.05) is 31.2 Å². The van der Waals surface area contributed by atoms with E-state index in [1.54, 1.807) is 12.0 Å². The Labute approximate surface area is 327 Å². The van der Waals surface area contributed by atoms with Crippen molar-refractivity contribution < 1.29 is 38.8 Å². The Bertz CT molecular complexity index is 2130. The van der Waals surface area contributed by atoms with Crippen molar-refractivity contribution >= 4 is 34.9 Å². The van der Waals surface area contributed by atoms with Gasteiger partial charge < -0.3 is 34.3 Å². The smallest absolute Gasteiger partial charge is 0.322 e. The van der Waals surface area contributed by atoms with Gasteiger partial charge in [0.05, 0.1) is 44.8 Å². The highest BCUT2D eigenvalue weighted by Crippen LogP contribution is 2.67. The Hall–Kier alpha value is -4.23. The second kappa shape index (κ2) is 13.2. The van der Waals surface area contributed by atoms with Gasteiger partial charge in [0.15, 0.2) is 0 Å². The lowest BCUT2D eigenvalue weighted by Crippen LogP contribution is -2.73. The summed E-state index contributed by atoms with van der Waals surface area (Å²) in [7, 11) is 4.34. The molecule has 12 nitrogen and oxygen atoms in total. The number of aromatic amines is 1. The van der Waals surface area contributed by atoms with Gasteiger partial charge in [0.1, 0.15) is 17.1 Å². The van der Waals surface area contributed by atoms with E-state index < -0.39 is 51.8 Å². The number of aromatic nitrogens is 1. The third-order valence-electron chi connectivity index (χ3n) is 15.2. The highest BCUT2D eigenvalue weighted by molar-refractivity contribution is 5.95. The molecule has 6 heterocycles. The number of ether oxygens (including phenoxy) is 3. The first-order chi connectivity index (χ1) is 27.0. The molecule has 5 aliphatic heterocycles. The van der Waals surface area contributed by atoms with Gasteiger partial charge in [-0.3, -0.25) is 24.2 Å². The summed E-state index contributed by atoms with van der Waals surface area (Å²) in [4.78, 5) is 52.8. The van der Waals surface area contributed by atoms with Gasteiger partial charge in [0.25, 0.3) is 0 Å². The largest absolute Gasteiger partial charge is 0.496 e. The second-order valence-electron chi connectivity index (χ2n) is 17.3. The monoisotopic (exact) mass is 766 g/mol. The van der Waals surface area contributed by atoms with Crippen molar-refractivity contribution in [1.29, 1.82) is 0 Å². The van der Waals surface area contributed by atoms with Crippen LogP contribution in [0.2, 0.25) is 0 Å². The number of aliphatic hydroxyl groups excluding tert-OH is 1. The summed E-state index contributed by atoms with van der Waals surface area (Å²) in [6.07, 6.45) is 7.13. The summed E-state index contributed by atoms with van der Waals surface area (Å²) < 4.78 is 17.6. The zero-order valence-corrected chi connectivity index (χ0v) is 33.0. The minimum Gasteiger partial charge on any atom is -0.496 e. The second-order valence-corrected chi connectivity index (χ2v) is 17.3. The van der Waals surface area contributed by atoms with Crippen molar-refractivity contribution in [3.63, 3.8) is 0 Å². The number of benzene rings is 2. The lowest BCUT2D eigenvalue weighted by Gasteiger charge is -2.60. The van der Waals surface area contributed by atoms with E-state index in [-0.39, 0.29) is 12.0 Å². The summed E-state index contributed by atoms with van der Waals surface area (Å²) in [5, 5.41) is 25.3. The zero-order chi connectivity index (χ0) is 39.4. The molecule has 56 heavy (non-hydrogen) atoms. The number of methoxy groups -OCH3 is 3. The van der Waals surface area contributed by atoms with Gasteiger partial charge in [-0.05, 0) is 74.2 Å². The molecule has 1 aromatic heterocycles. The number of carbonyl (C=O) groups excluding carboxylic acids is 3. The van der Waals surface area contributed by atoms with Crippen LogP contribution < -0.4 is 9.64 Å². The van der Waals surface area contributed by atoms with Gasteiger partial charge in [-0.1, -0.05) is 44.2 Å². The van der Waals surface area contributed by atoms with Crippen LogP contribution in [0.1, 0.15) is 68.3 Å². The number of carbonyl (C=O) groups is 3. The van der Waals surface area contributed by atoms with Gasteiger partial charge in [0, 0.05) is 71.3 Å². The van der Waals surface area contributed by atoms with Crippen molar-refractivity contribution in [2.75, 3.05) is 59.0 Å². The molecular weight excluding hydrogens is 713 g/mol. The minimum absolute atomic E-state index is 0.0905. The predicted molar refractivity (Wildman–Crippen MR) is 210 cm³/mol. The van der Waals surface area contributed by atoms with Crippen LogP contribution in [0.4, 0.5) is 5.69 Å². The Kier molecular flexibility index (Phi) is 8.78. The number of para-hydroxylation sites is 1. The number of fused-ring (bicyclic) bond motifs is 6. The van der Waals surface area contributed by atoms with E-state index in [0.717, 1.165) is 34.1 Å². The predicted octanol–water partition coefficient (Wildman–Crippen LogP) is 3.83. The standard InChI is InChI=1S/C44H54N4O8/c1-6-41(53)21-26-22-44(40(52)56-5,35-28(13-17-46(23-26)24-41)27-11-8-9-12-31(27)45-35)30-19-29-32(20-33(30)54-3)48(25-49)36-34(38(51)55-4)37(50)42(7-2)14-10-16-47-18-15-43(29,36)39(42)47/h8-12,14,19-20,25-26,34,36-37,39,45,50,53H,6-7,13,15-18,21-24H2,1-5H3/t26-,34+,36-,37-,39-,41-,42-,43-,44-/m0/s1. The maximum atomic E-state index is 15.2. The molecule has 1 amide bonds. The summed E-state index contributed by atoms with van der Waals surface area (Å²) >= 11 is 0. The molecule has 1 aliphatic carbocycles. The Balaban J connectivity index is 1.36. The van der Waals surface area contributed by atoms with E-state index >= 15 is 4.79 Å². The van der Waals surface area contributed by atoms with Crippen molar-refractivity contribution in [2.45, 2.75) is 87.0 Å². The van der Waals surface area contributed by atoms with Gasteiger partial charge in [-0.2, -0.15) is 0 Å². The lowest BCUT2D eigenvalue weighted by molar-refractivity contribution is -0.167. The number of H-pyrrole nitrogens is 1. The molecule has 1 unspecified atom stereocenters. The molecule has 12 heteroatoms. The van der Waals surface area contributed by atoms with Crippen molar-refractivity contribution in [3.05, 3.63) is 70.9 Å². The molecule has 1 spiro atoms. The summed E-state index contributed by atoms with van der Waals surface area (Å²) in [6, 6.07) is 11.1. The van der Waals surface area contributed by atoms with Crippen LogP contribution in [0.15, 0.2) is 48.6 Å².